The predicted octanol–water partition coefficient (Wildman–Crippen LogP) is 3.65. The van der Waals surface area contributed by atoms with Crippen molar-refractivity contribution in [1.29, 1.82) is 0 Å². The molecule has 0 spiro atoms. The van der Waals surface area contributed by atoms with Crippen molar-refractivity contribution in [1.82, 2.24) is 14.9 Å². The maximum absolute atomic E-state index is 14.1. The minimum atomic E-state index is -3.85. The number of sulfonamides is 1. The van der Waals surface area contributed by atoms with Crippen LogP contribution in [0.5, 0.6) is 0 Å². The van der Waals surface area contributed by atoms with Crippen LogP contribution in [0, 0.1) is 23.2 Å². The summed E-state index contributed by atoms with van der Waals surface area (Å²) in [6, 6.07) is 6.57. The molecule has 3 amide bonds. The van der Waals surface area contributed by atoms with Crippen molar-refractivity contribution in [2.75, 3.05) is 13.2 Å². The van der Waals surface area contributed by atoms with Gasteiger partial charge in [0.1, 0.15) is 6.10 Å². The lowest BCUT2D eigenvalue weighted by atomic mass is 9.89. The Morgan fingerprint density at radius 2 is 1.98 bits per heavy atom. The summed E-state index contributed by atoms with van der Waals surface area (Å²) in [6.07, 6.45) is 5.88. The Hall–Kier alpha value is -4.00. The number of allylic oxidation sites excluding steroid dienone is 2. The molecule has 4 aliphatic rings. The number of alkyl carbamates (subject to hydrolysis) is 1. The second-order valence-corrected chi connectivity index (χ2v) is 15.7. The summed E-state index contributed by atoms with van der Waals surface area (Å²) in [5, 5.41) is 2.13. The summed E-state index contributed by atoms with van der Waals surface area (Å²) in [5.41, 5.74) is 0.494. The van der Waals surface area contributed by atoms with Gasteiger partial charge in [-0.25, -0.2) is 13.2 Å². The number of benzene rings is 1. The molecule has 0 aromatic heterocycles. The first-order chi connectivity index (χ1) is 22.8. The SMILES string of the molecule is C=C[C@@H]1C[C@]1(CC(=O)[C@@H]1C[C@@H]2CN1C(=O)[C@H](C(C)C)CC(=O)OCCC/C=C/c1cccc(c1)CNC(=O)O2)C(=O)NS(=O)(=O)C1CC1. The number of rotatable bonds is 8. The molecule has 12 nitrogen and oxygen atoms in total. The van der Waals surface area contributed by atoms with Gasteiger partial charge in [0.05, 0.1) is 42.2 Å². The molecule has 2 aliphatic heterocycles. The monoisotopic (exact) mass is 683 g/mol. The van der Waals surface area contributed by atoms with Crippen LogP contribution in [-0.2, 0) is 45.2 Å². The third-order valence-electron chi connectivity index (χ3n) is 9.73. The first-order valence-electron chi connectivity index (χ1n) is 16.7. The molecular weight excluding hydrogens is 638 g/mol. The van der Waals surface area contributed by atoms with Crippen molar-refractivity contribution < 1.29 is 41.9 Å². The fourth-order valence-electron chi connectivity index (χ4n) is 6.58. The fourth-order valence-corrected chi connectivity index (χ4v) is 7.97. The average Bonchev–Trinajstić information content (AvgIpc) is 3.97. The Morgan fingerprint density at radius 1 is 1.21 bits per heavy atom. The highest BCUT2D eigenvalue weighted by molar-refractivity contribution is 7.90. The van der Waals surface area contributed by atoms with E-state index >= 15 is 0 Å². The maximum atomic E-state index is 14.1. The van der Waals surface area contributed by atoms with E-state index in [0.29, 0.717) is 25.7 Å². The molecule has 3 fully saturated rings. The van der Waals surface area contributed by atoms with Crippen molar-refractivity contribution >= 4 is 45.8 Å². The molecule has 1 aromatic rings. The van der Waals surface area contributed by atoms with E-state index in [9.17, 15) is 32.4 Å². The van der Waals surface area contributed by atoms with Crippen molar-refractivity contribution in [3.8, 4) is 0 Å². The van der Waals surface area contributed by atoms with Gasteiger partial charge in [0.25, 0.3) is 0 Å². The highest BCUT2D eigenvalue weighted by Gasteiger charge is 2.61. The van der Waals surface area contributed by atoms with Crippen LogP contribution >= 0.6 is 0 Å². The number of esters is 1. The van der Waals surface area contributed by atoms with Crippen LogP contribution in [0.2, 0.25) is 0 Å². The number of cyclic esters (lactones) is 1. The number of amides is 3. The zero-order valence-corrected chi connectivity index (χ0v) is 28.3. The van der Waals surface area contributed by atoms with Crippen LogP contribution in [0.15, 0.2) is 43.0 Å². The summed E-state index contributed by atoms with van der Waals surface area (Å²) in [6.45, 7) is 7.69. The lowest BCUT2D eigenvalue weighted by molar-refractivity contribution is -0.151. The zero-order valence-electron chi connectivity index (χ0n) is 27.5. The molecule has 1 aromatic carbocycles. The third kappa shape index (κ3) is 8.34. The van der Waals surface area contributed by atoms with E-state index in [4.69, 9.17) is 9.47 Å². The molecule has 2 N–H and O–H groups in total. The zero-order chi connectivity index (χ0) is 34.6. The van der Waals surface area contributed by atoms with E-state index in [1.807, 2.05) is 36.4 Å². The van der Waals surface area contributed by atoms with Gasteiger partial charge in [-0.2, -0.15) is 0 Å². The van der Waals surface area contributed by atoms with Gasteiger partial charge >= 0.3 is 12.1 Å². The summed E-state index contributed by atoms with van der Waals surface area (Å²) in [4.78, 5) is 68.6. The van der Waals surface area contributed by atoms with Crippen LogP contribution < -0.4 is 10.0 Å². The van der Waals surface area contributed by atoms with Crippen LogP contribution in [-0.4, -0.2) is 73.5 Å². The Morgan fingerprint density at radius 3 is 2.67 bits per heavy atom. The minimum absolute atomic E-state index is 0.00956. The number of Topliss-reactive ketones (excluding diaryl/α,β-unsaturated/α-hetero) is 1. The second-order valence-electron chi connectivity index (χ2n) is 13.7. The molecule has 5 rings (SSSR count). The normalized spacial score (nSPS) is 29.2. The average molecular weight is 684 g/mol. The Bertz CT molecular complexity index is 1580. The van der Waals surface area contributed by atoms with Gasteiger partial charge in [-0.1, -0.05) is 50.3 Å². The van der Waals surface area contributed by atoms with E-state index < -0.39 is 74.3 Å². The van der Waals surface area contributed by atoms with E-state index in [2.05, 4.69) is 16.6 Å². The highest BCUT2D eigenvalue weighted by Crippen LogP contribution is 2.57. The Labute approximate surface area is 281 Å². The number of nitrogens with zero attached hydrogens (tertiary/aromatic N) is 1. The van der Waals surface area contributed by atoms with E-state index in [1.165, 1.54) is 11.0 Å². The number of carbonyl (C=O) groups excluding carboxylic acids is 5. The number of ketones is 1. The first-order valence-corrected chi connectivity index (χ1v) is 18.2. The third-order valence-corrected chi connectivity index (χ3v) is 11.6. The van der Waals surface area contributed by atoms with Gasteiger partial charge in [0.15, 0.2) is 5.78 Å². The standard InChI is InChI=1S/C35H45N3O9S/c1-4-25-18-35(25,33(42)37-48(44,45)27-12-13-27)19-30(39)29-16-26-21-38(29)32(41)28(22(2)3)17-31(40)46-14-7-5-6-9-23-10-8-11-24(15-23)20-36-34(43)47-26/h4,6,8-11,15,22,25-29H,1,5,7,12-14,16-21H2,2-3H3,(H,36,43)(H,37,42)/b9-6+/t25-,26-,28+,29+,35-/m1/s1. The number of fused-ring (bicyclic) bond motifs is 4. The molecule has 0 radical (unpaired) electrons. The lowest BCUT2D eigenvalue weighted by Gasteiger charge is -2.30. The number of carbonyl (C=O) groups is 5. The molecule has 2 saturated carbocycles. The summed E-state index contributed by atoms with van der Waals surface area (Å²) < 4.78 is 38.5. The van der Waals surface area contributed by atoms with E-state index in [0.717, 1.165) is 11.1 Å². The van der Waals surface area contributed by atoms with Crippen molar-refractivity contribution in [2.45, 2.75) is 89.2 Å². The topological polar surface area (TPSA) is 165 Å². The van der Waals surface area contributed by atoms with E-state index in [1.54, 1.807) is 13.8 Å². The Balaban J connectivity index is 1.37. The molecule has 4 bridgehead atoms. The quantitative estimate of drug-likeness (QED) is 0.307. The van der Waals surface area contributed by atoms with Crippen LogP contribution in [0.25, 0.3) is 6.08 Å². The highest BCUT2D eigenvalue weighted by atomic mass is 32.2. The van der Waals surface area contributed by atoms with Gasteiger partial charge in [-0.15, -0.1) is 6.58 Å². The first kappa shape index (κ1) is 35.3. The predicted molar refractivity (Wildman–Crippen MR) is 176 cm³/mol. The molecule has 2 heterocycles. The summed E-state index contributed by atoms with van der Waals surface area (Å²) in [7, 11) is -3.85. The van der Waals surface area contributed by atoms with Crippen molar-refractivity contribution in [2.24, 2.45) is 23.2 Å². The van der Waals surface area contributed by atoms with Crippen LogP contribution in [0.3, 0.4) is 0 Å². The number of hydrogen-bond acceptors (Lipinski definition) is 9. The molecular formula is C35H45N3O9S. The molecule has 5 atom stereocenters. The van der Waals surface area contributed by atoms with Crippen molar-refractivity contribution in [3.05, 3.63) is 54.1 Å². The van der Waals surface area contributed by atoms with Crippen LogP contribution in [0.4, 0.5) is 4.79 Å². The largest absolute Gasteiger partial charge is 0.466 e. The number of nitrogens with one attached hydrogen (secondary N) is 2. The number of hydrogen-bond donors (Lipinski definition) is 2. The Kier molecular flexibility index (Phi) is 10.8. The second kappa shape index (κ2) is 14.6. The lowest BCUT2D eigenvalue weighted by Crippen LogP contribution is -2.47. The van der Waals surface area contributed by atoms with Gasteiger partial charge in [0.2, 0.25) is 21.8 Å². The molecule has 48 heavy (non-hydrogen) atoms. The molecule has 2 aliphatic carbocycles. The van der Waals surface area contributed by atoms with Crippen LogP contribution in [0.1, 0.15) is 76.3 Å². The fraction of sp³-hybridized carbons (Fsp3) is 0.571. The van der Waals surface area contributed by atoms with Crippen molar-refractivity contribution in [3.63, 3.8) is 0 Å². The van der Waals surface area contributed by atoms with Gasteiger partial charge in [-0.05, 0) is 61.1 Å². The molecule has 260 valence electrons. The van der Waals surface area contributed by atoms with Gasteiger partial charge < -0.3 is 19.7 Å². The van der Waals surface area contributed by atoms with Gasteiger partial charge in [0, 0.05) is 19.4 Å². The summed E-state index contributed by atoms with van der Waals surface area (Å²) >= 11 is 0. The maximum Gasteiger partial charge on any atom is 0.407 e. The smallest absolute Gasteiger partial charge is 0.407 e. The molecule has 0 unspecified atom stereocenters. The molecule has 1 saturated heterocycles. The molecule has 13 heteroatoms. The van der Waals surface area contributed by atoms with Gasteiger partial charge in [-0.3, -0.25) is 23.9 Å². The minimum Gasteiger partial charge on any atom is -0.466 e. The number of ether oxygens (including phenoxy) is 2. The van der Waals surface area contributed by atoms with E-state index in [-0.39, 0.29) is 51.3 Å². The summed E-state index contributed by atoms with van der Waals surface area (Å²) in [5.74, 6) is -3.68.